The SMILES string of the molecule is CC(Cc1ccco1)NC(=O)C(F)(F)C(F)F. The van der Waals surface area contributed by atoms with E-state index in [1.807, 2.05) is 5.32 Å². The van der Waals surface area contributed by atoms with E-state index in [2.05, 4.69) is 0 Å². The molecule has 0 saturated carbocycles. The number of nitrogens with one attached hydrogen (secondary N) is 1. The monoisotopic (exact) mass is 253 g/mol. The Labute approximate surface area is 94.8 Å². The van der Waals surface area contributed by atoms with Crippen LogP contribution in [0.1, 0.15) is 12.7 Å². The lowest BCUT2D eigenvalue weighted by Gasteiger charge is -2.18. The Kier molecular flexibility index (Phi) is 4.14. The van der Waals surface area contributed by atoms with Crippen LogP contribution in [0, 0.1) is 0 Å². The van der Waals surface area contributed by atoms with E-state index >= 15 is 0 Å². The number of halogens is 4. The van der Waals surface area contributed by atoms with Crippen molar-refractivity contribution in [3.63, 3.8) is 0 Å². The van der Waals surface area contributed by atoms with E-state index in [9.17, 15) is 22.4 Å². The van der Waals surface area contributed by atoms with Gasteiger partial charge in [0.1, 0.15) is 5.76 Å². The summed E-state index contributed by atoms with van der Waals surface area (Å²) >= 11 is 0. The van der Waals surface area contributed by atoms with Crippen molar-refractivity contribution in [3.05, 3.63) is 24.2 Å². The van der Waals surface area contributed by atoms with Crippen LogP contribution in [0.15, 0.2) is 22.8 Å². The molecule has 1 aromatic rings. The highest BCUT2D eigenvalue weighted by molar-refractivity contribution is 5.84. The first-order chi connectivity index (χ1) is 7.84. The molecule has 0 radical (unpaired) electrons. The molecule has 1 unspecified atom stereocenters. The Morgan fingerprint density at radius 3 is 2.65 bits per heavy atom. The van der Waals surface area contributed by atoms with Crippen molar-refractivity contribution in [2.24, 2.45) is 0 Å². The molecule has 1 amide bonds. The van der Waals surface area contributed by atoms with Crippen LogP contribution in [0.25, 0.3) is 0 Å². The zero-order valence-corrected chi connectivity index (χ0v) is 8.92. The number of furan rings is 1. The fraction of sp³-hybridized carbons (Fsp3) is 0.500. The van der Waals surface area contributed by atoms with Crippen LogP contribution in [0.4, 0.5) is 17.6 Å². The molecule has 7 heteroatoms. The maximum atomic E-state index is 12.6. The van der Waals surface area contributed by atoms with Crippen LogP contribution in [0.5, 0.6) is 0 Å². The van der Waals surface area contributed by atoms with Crippen LogP contribution in [0.3, 0.4) is 0 Å². The lowest BCUT2D eigenvalue weighted by atomic mass is 10.2. The minimum absolute atomic E-state index is 0.151. The van der Waals surface area contributed by atoms with Crippen molar-refractivity contribution in [3.8, 4) is 0 Å². The Morgan fingerprint density at radius 2 is 2.18 bits per heavy atom. The zero-order valence-electron chi connectivity index (χ0n) is 8.92. The Balaban J connectivity index is 2.51. The third kappa shape index (κ3) is 3.47. The maximum absolute atomic E-state index is 12.6. The third-order valence-electron chi connectivity index (χ3n) is 2.04. The molecule has 96 valence electrons. The van der Waals surface area contributed by atoms with Gasteiger partial charge in [-0.25, -0.2) is 8.78 Å². The maximum Gasteiger partial charge on any atom is 0.383 e. The van der Waals surface area contributed by atoms with Crippen molar-refractivity contribution >= 4 is 5.91 Å². The Bertz CT molecular complexity index is 364. The van der Waals surface area contributed by atoms with E-state index < -0.39 is 24.3 Å². The summed E-state index contributed by atoms with van der Waals surface area (Å²) in [6, 6.07) is 2.46. The predicted molar refractivity (Wildman–Crippen MR) is 51.0 cm³/mol. The van der Waals surface area contributed by atoms with Gasteiger partial charge in [0.2, 0.25) is 0 Å². The van der Waals surface area contributed by atoms with Gasteiger partial charge in [-0.3, -0.25) is 4.79 Å². The quantitative estimate of drug-likeness (QED) is 0.817. The highest BCUT2D eigenvalue weighted by atomic mass is 19.3. The second-order valence-corrected chi connectivity index (χ2v) is 3.58. The smallest absolute Gasteiger partial charge is 0.383 e. The van der Waals surface area contributed by atoms with E-state index in [0.29, 0.717) is 5.76 Å². The number of amides is 1. The second kappa shape index (κ2) is 5.20. The van der Waals surface area contributed by atoms with Gasteiger partial charge in [0.05, 0.1) is 6.26 Å². The molecule has 0 bridgehead atoms. The van der Waals surface area contributed by atoms with E-state index in [0.717, 1.165) is 0 Å². The molecule has 0 saturated heterocycles. The predicted octanol–water partition coefficient (Wildman–Crippen LogP) is 2.23. The molecule has 0 fully saturated rings. The summed E-state index contributed by atoms with van der Waals surface area (Å²) in [5.41, 5.74) is 0. The van der Waals surface area contributed by atoms with Crippen molar-refractivity contribution in [2.75, 3.05) is 0 Å². The van der Waals surface area contributed by atoms with Crippen LogP contribution in [0.2, 0.25) is 0 Å². The summed E-state index contributed by atoms with van der Waals surface area (Å²) in [6.07, 6.45) is -2.48. The molecule has 1 heterocycles. The molecule has 1 atom stereocenters. The minimum atomic E-state index is -4.67. The van der Waals surface area contributed by atoms with Gasteiger partial charge in [0.25, 0.3) is 5.91 Å². The molecule has 1 rings (SSSR count). The van der Waals surface area contributed by atoms with E-state index in [4.69, 9.17) is 4.42 Å². The highest BCUT2D eigenvalue weighted by Crippen LogP contribution is 2.23. The van der Waals surface area contributed by atoms with Gasteiger partial charge in [-0.05, 0) is 19.1 Å². The number of rotatable bonds is 5. The molecule has 0 aliphatic heterocycles. The van der Waals surface area contributed by atoms with E-state index in [-0.39, 0.29) is 6.42 Å². The third-order valence-corrected chi connectivity index (χ3v) is 2.04. The number of alkyl halides is 4. The van der Waals surface area contributed by atoms with Crippen molar-refractivity contribution in [2.45, 2.75) is 31.7 Å². The summed E-state index contributed by atoms with van der Waals surface area (Å²) in [6.45, 7) is 1.42. The average Bonchev–Trinajstić information content (AvgIpc) is 2.69. The van der Waals surface area contributed by atoms with Gasteiger partial charge >= 0.3 is 12.3 Å². The molecule has 0 aromatic carbocycles. The number of carbonyl (C=O) groups is 1. The minimum Gasteiger partial charge on any atom is -0.469 e. The van der Waals surface area contributed by atoms with Crippen LogP contribution in [-0.2, 0) is 11.2 Å². The van der Waals surface area contributed by atoms with E-state index in [1.165, 1.54) is 13.2 Å². The molecule has 0 aliphatic rings. The first-order valence-corrected chi connectivity index (χ1v) is 4.83. The van der Waals surface area contributed by atoms with Crippen LogP contribution in [-0.4, -0.2) is 24.3 Å². The molecule has 0 spiro atoms. The van der Waals surface area contributed by atoms with Gasteiger partial charge < -0.3 is 9.73 Å². The summed E-state index contributed by atoms with van der Waals surface area (Å²) in [7, 11) is 0. The summed E-state index contributed by atoms with van der Waals surface area (Å²) in [4.78, 5) is 10.9. The van der Waals surface area contributed by atoms with Gasteiger partial charge in [-0.1, -0.05) is 0 Å². The number of carbonyl (C=O) groups excluding carboxylic acids is 1. The lowest BCUT2D eigenvalue weighted by molar-refractivity contribution is -0.170. The second-order valence-electron chi connectivity index (χ2n) is 3.58. The van der Waals surface area contributed by atoms with Crippen molar-refractivity contribution in [1.82, 2.24) is 5.32 Å². The standard InChI is InChI=1S/C10H11F4NO2/c1-6(5-7-3-2-4-17-7)15-9(16)10(13,14)8(11)12/h2-4,6,8H,5H2,1H3,(H,15,16). The van der Waals surface area contributed by atoms with Crippen LogP contribution < -0.4 is 5.32 Å². The van der Waals surface area contributed by atoms with Gasteiger partial charge in [0.15, 0.2) is 0 Å². The van der Waals surface area contributed by atoms with Crippen molar-refractivity contribution in [1.29, 1.82) is 0 Å². The molecule has 1 N–H and O–H groups in total. The summed E-state index contributed by atoms with van der Waals surface area (Å²) in [5, 5.41) is 1.81. The molecular formula is C10H11F4NO2. The lowest BCUT2D eigenvalue weighted by Crippen LogP contribution is -2.48. The normalized spacial score (nSPS) is 13.8. The molecule has 17 heavy (non-hydrogen) atoms. The van der Waals surface area contributed by atoms with Gasteiger partial charge in [-0.2, -0.15) is 8.78 Å². The highest BCUT2D eigenvalue weighted by Gasteiger charge is 2.49. The first kappa shape index (κ1) is 13.5. The molecule has 3 nitrogen and oxygen atoms in total. The fourth-order valence-electron chi connectivity index (χ4n) is 1.20. The average molecular weight is 253 g/mol. The first-order valence-electron chi connectivity index (χ1n) is 4.83. The van der Waals surface area contributed by atoms with Gasteiger partial charge in [-0.15, -0.1) is 0 Å². The Hall–Kier alpha value is -1.53. The fourth-order valence-corrected chi connectivity index (χ4v) is 1.20. The zero-order chi connectivity index (χ0) is 13.1. The molecular weight excluding hydrogens is 242 g/mol. The van der Waals surface area contributed by atoms with Crippen LogP contribution >= 0.6 is 0 Å². The summed E-state index contributed by atoms with van der Waals surface area (Å²) < 4.78 is 53.8. The summed E-state index contributed by atoms with van der Waals surface area (Å²) in [5.74, 6) is -6.18. The Morgan fingerprint density at radius 1 is 1.53 bits per heavy atom. The largest absolute Gasteiger partial charge is 0.469 e. The number of hydrogen-bond acceptors (Lipinski definition) is 2. The molecule has 0 aliphatic carbocycles. The topological polar surface area (TPSA) is 42.2 Å². The molecule has 1 aromatic heterocycles. The number of hydrogen-bond donors (Lipinski definition) is 1. The van der Waals surface area contributed by atoms with Crippen molar-refractivity contribution < 1.29 is 26.8 Å². The van der Waals surface area contributed by atoms with Gasteiger partial charge in [0, 0.05) is 12.5 Å². The van der Waals surface area contributed by atoms with E-state index in [1.54, 1.807) is 12.1 Å².